The minimum atomic E-state index is -4.74. The SMILES string of the molecule is N#[N+]c1cc(S(=O)(=O)O)c(Cl)cc1S(=O)(=O)O.[Cl-]. The van der Waals surface area contributed by atoms with Gasteiger partial charge in [-0.05, 0) is 6.07 Å². The van der Waals surface area contributed by atoms with Crippen molar-refractivity contribution in [3.63, 3.8) is 0 Å². The molecule has 2 N–H and O–H groups in total. The average Bonchev–Trinajstić information content (AvgIpc) is 2.14. The summed E-state index contributed by atoms with van der Waals surface area (Å²) in [7, 11) is -9.45. The van der Waals surface area contributed by atoms with E-state index in [4.69, 9.17) is 26.1 Å². The number of hydrogen-bond donors (Lipinski definition) is 2. The maximum atomic E-state index is 10.8. The maximum absolute atomic E-state index is 10.8. The van der Waals surface area contributed by atoms with E-state index in [-0.39, 0.29) is 12.4 Å². The van der Waals surface area contributed by atoms with Crippen LogP contribution in [0.25, 0.3) is 4.98 Å². The monoisotopic (exact) mass is 334 g/mol. The quantitative estimate of drug-likeness (QED) is 0.486. The van der Waals surface area contributed by atoms with Gasteiger partial charge in [0.1, 0.15) is 4.90 Å². The number of rotatable bonds is 2. The molecule has 0 heterocycles. The summed E-state index contributed by atoms with van der Waals surface area (Å²) in [6, 6.07) is 1.04. The Kier molecular flexibility index (Phi) is 5.07. The minimum absolute atomic E-state index is 0. The zero-order chi connectivity index (χ0) is 13.4. The first kappa shape index (κ1) is 17.0. The molecule has 1 aromatic carbocycles. The van der Waals surface area contributed by atoms with Crippen LogP contribution in [0, 0.1) is 5.39 Å². The zero-order valence-corrected chi connectivity index (χ0v) is 11.3. The van der Waals surface area contributed by atoms with E-state index in [1.807, 2.05) is 0 Å². The van der Waals surface area contributed by atoms with Gasteiger partial charge < -0.3 is 12.4 Å². The van der Waals surface area contributed by atoms with E-state index >= 15 is 0 Å². The van der Waals surface area contributed by atoms with Crippen LogP contribution in [-0.4, -0.2) is 25.9 Å². The number of benzene rings is 1. The Morgan fingerprint density at radius 2 is 1.50 bits per heavy atom. The fourth-order valence-electron chi connectivity index (χ4n) is 1.01. The van der Waals surface area contributed by atoms with Crippen molar-refractivity contribution in [1.82, 2.24) is 0 Å². The lowest BCUT2D eigenvalue weighted by Crippen LogP contribution is -3.00. The molecule has 100 valence electrons. The molecule has 0 aliphatic heterocycles. The lowest BCUT2D eigenvalue weighted by molar-refractivity contribution is -0.0000119. The Balaban J connectivity index is 0.00000289. The molecule has 0 saturated carbocycles. The summed E-state index contributed by atoms with van der Waals surface area (Å²) in [6.07, 6.45) is 0. The number of halogens is 2. The molecule has 0 aromatic heterocycles. The van der Waals surface area contributed by atoms with Crippen molar-refractivity contribution in [2.75, 3.05) is 0 Å². The van der Waals surface area contributed by atoms with Gasteiger partial charge in [-0.15, -0.1) is 0 Å². The lowest BCUT2D eigenvalue weighted by atomic mass is 10.3. The van der Waals surface area contributed by atoms with Crippen molar-refractivity contribution in [1.29, 1.82) is 5.39 Å². The Morgan fingerprint density at radius 1 is 1.06 bits per heavy atom. The number of diazo groups is 1. The molecule has 0 atom stereocenters. The molecule has 0 aliphatic rings. The zero-order valence-electron chi connectivity index (χ0n) is 8.15. The fraction of sp³-hybridized carbons (Fsp3) is 0. The van der Waals surface area contributed by atoms with Crippen molar-refractivity contribution in [3.05, 3.63) is 22.1 Å². The molecule has 0 amide bonds. The molecule has 18 heavy (non-hydrogen) atoms. The van der Waals surface area contributed by atoms with Crippen LogP contribution in [0.2, 0.25) is 5.02 Å². The molecule has 0 aliphatic carbocycles. The molecule has 0 saturated heterocycles. The third-order valence-electron chi connectivity index (χ3n) is 1.68. The van der Waals surface area contributed by atoms with Crippen LogP contribution in [0.5, 0.6) is 0 Å². The lowest BCUT2D eigenvalue weighted by Gasteiger charge is -2.00. The summed E-state index contributed by atoms with van der Waals surface area (Å²) in [6.45, 7) is 0. The largest absolute Gasteiger partial charge is 1.00 e. The van der Waals surface area contributed by atoms with Crippen molar-refractivity contribution >= 4 is 37.5 Å². The Bertz CT molecular complexity index is 721. The van der Waals surface area contributed by atoms with Crippen LogP contribution < -0.4 is 12.4 Å². The molecule has 0 bridgehead atoms. The normalized spacial score (nSPS) is 11.4. The van der Waals surface area contributed by atoms with Crippen molar-refractivity contribution in [2.45, 2.75) is 9.79 Å². The molecule has 8 nitrogen and oxygen atoms in total. The van der Waals surface area contributed by atoms with Crippen molar-refractivity contribution in [3.8, 4) is 0 Å². The smallest absolute Gasteiger partial charge is 0.407 e. The standard InChI is InChI=1S/C6H3ClN2O6S2.ClH/c7-3-1-6(17(13,14)15)4(9-8)2-5(3)16(10,11)12;/h1-2H,(H-,10,11,12,13,14,15);1H. The van der Waals surface area contributed by atoms with E-state index in [0.29, 0.717) is 12.1 Å². The third kappa shape index (κ3) is 3.52. The Hall–Kier alpha value is -0.960. The van der Waals surface area contributed by atoms with Crippen molar-refractivity contribution in [2.24, 2.45) is 0 Å². The molecular formula is C6H4Cl2N2O6S2. The highest BCUT2D eigenvalue weighted by Gasteiger charge is 2.30. The summed E-state index contributed by atoms with van der Waals surface area (Å²) in [4.78, 5) is 0.740. The third-order valence-corrected chi connectivity index (χ3v) is 3.88. The summed E-state index contributed by atoms with van der Waals surface area (Å²) in [5.41, 5.74) is -0.774. The molecule has 0 radical (unpaired) electrons. The van der Waals surface area contributed by atoms with Crippen molar-refractivity contribution < 1.29 is 38.3 Å². The van der Waals surface area contributed by atoms with Gasteiger partial charge in [-0.3, -0.25) is 9.11 Å². The highest BCUT2D eigenvalue weighted by molar-refractivity contribution is 7.86. The van der Waals surface area contributed by atoms with Gasteiger partial charge in [0, 0.05) is 0 Å². The highest BCUT2D eigenvalue weighted by atomic mass is 35.5. The van der Waals surface area contributed by atoms with E-state index in [0.717, 1.165) is 0 Å². The molecule has 12 heteroatoms. The molecule has 0 fully saturated rings. The topological polar surface area (TPSA) is 137 Å². The van der Waals surface area contributed by atoms with Gasteiger partial charge in [0.2, 0.25) is 5.39 Å². The summed E-state index contributed by atoms with van der Waals surface area (Å²) in [5, 5.41) is 7.85. The second kappa shape index (κ2) is 5.35. The number of hydrogen-bond acceptors (Lipinski definition) is 5. The Morgan fingerprint density at radius 3 is 1.83 bits per heavy atom. The van der Waals surface area contributed by atoms with Crippen LogP contribution in [0.15, 0.2) is 21.9 Å². The van der Waals surface area contributed by atoms with Gasteiger partial charge in [0.15, 0.2) is 9.87 Å². The van der Waals surface area contributed by atoms with Crippen LogP contribution in [-0.2, 0) is 20.2 Å². The molecular weight excluding hydrogens is 331 g/mol. The Labute approximate surface area is 113 Å². The predicted octanol–water partition coefficient (Wildman–Crippen LogP) is -1.68. The molecule has 1 aromatic rings. The second-order valence-electron chi connectivity index (χ2n) is 2.80. The minimum Gasteiger partial charge on any atom is -1.00 e. The highest BCUT2D eigenvalue weighted by Crippen LogP contribution is 2.33. The molecule has 0 spiro atoms. The summed E-state index contributed by atoms with van der Waals surface area (Å²) < 4.78 is 60.8. The molecule has 0 unspecified atom stereocenters. The van der Waals surface area contributed by atoms with Crippen LogP contribution in [0.1, 0.15) is 0 Å². The fourth-order valence-corrected chi connectivity index (χ4v) is 2.72. The van der Waals surface area contributed by atoms with Gasteiger partial charge in [-0.2, -0.15) is 16.8 Å². The maximum Gasteiger partial charge on any atom is 0.407 e. The summed E-state index contributed by atoms with van der Waals surface area (Å²) in [5.74, 6) is 0. The first-order valence-electron chi connectivity index (χ1n) is 3.71. The molecule has 1 rings (SSSR count). The first-order valence-corrected chi connectivity index (χ1v) is 6.97. The van der Waals surface area contributed by atoms with Gasteiger partial charge >= 0.3 is 15.8 Å². The number of nitrogens with zero attached hydrogens (tertiary/aromatic N) is 2. The van der Waals surface area contributed by atoms with E-state index < -0.39 is 40.7 Å². The van der Waals surface area contributed by atoms with E-state index in [1.54, 1.807) is 0 Å². The summed E-state index contributed by atoms with van der Waals surface area (Å²) >= 11 is 5.41. The van der Waals surface area contributed by atoms with Crippen LogP contribution in [0.4, 0.5) is 5.69 Å². The van der Waals surface area contributed by atoms with Crippen LogP contribution >= 0.6 is 11.6 Å². The van der Waals surface area contributed by atoms with Gasteiger partial charge in [-0.25, -0.2) is 0 Å². The first-order chi connectivity index (χ1) is 7.57. The van der Waals surface area contributed by atoms with Gasteiger partial charge in [0.25, 0.3) is 10.1 Å². The van der Waals surface area contributed by atoms with E-state index in [9.17, 15) is 16.8 Å². The average molecular weight is 335 g/mol. The van der Waals surface area contributed by atoms with Crippen LogP contribution in [0.3, 0.4) is 0 Å². The van der Waals surface area contributed by atoms with Gasteiger partial charge in [0.05, 0.1) is 11.1 Å². The van der Waals surface area contributed by atoms with E-state index in [1.165, 1.54) is 0 Å². The van der Waals surface area contributed by atoms with Gasteiger partial charge in [-0.1, -0.05) is 11.6 Å². The predicted molar refractivity (Wildman–Crippen MR) is 55.8 cm³/mol. The second-order valence-corrected chi connectivity index (χ2v) is 5.99. The van der Waals surface area contributed by atoms with E-state index in [2.05, 4.69) is 4.98 Å².